The van der Waals surface area contributed by atoms with Crippen LogP contribution in [0.25, 0.3) is 0 Å². The number of anilines is 1. The Morgan fingerprint density at radius 3 is 2.90 bits per heavy atom. The summed E-state index contributed by atoms with van der Waals surface area (Å²) < 4.78 is 0. The van der Waals surface area contributed by atoms with Gasteiger partial charge in [-0.3, -0.25) is 4.79 Å². The maximum absolute atomic E-state index is 12.4. The number of aliphatic hydroxyl groups is 1. The SMILES string of the molecule is O=C(NCC1CCC(O)CC1)c1cccc2c1CCCN2. The summed E-state index contributed by atoms with van der Waals surface area (Å²) in [6.45, 7) is 1.71. The second-order valence-corrected chi connectivity index (χ2v) is 6.25. The zero-order valence-corrected chi connectivity index (χ0v) is 12.4. The van der Waals surface area contributed by atoms with Crippen LogP contribution >= 0.6 is 0 Å². The molecular weight excluding hydrogens is 264 g/mol. The molecule has 114 valence electrons. The Kier molecular flexibility index (Phi) is 4.44. The molecule has 1 saturated carbocycles. The summed E-state index contributed by atoms with van der Waals surface area (Å²) in [5, 5.41) is 16.0. The monoisotopic (exact) mass is 288 g/mol. The summed E-state index contributed by atoms with van der Waals surface area (Å²) >= 11 is 0. The van der Waals surface area contributed by atoms with Gasteiger partial charge in [-0.2, -0.15) is 0 Å². The van der Waals surface area contributed by atoms with Crippen LogP contribution in [0, 0.1) is 5.92 Å². The molecule has 1 aromatic carbocycles. The molecule has 0 radical (unpaired) electrons. The molecule has 1 aliphatic carbocycles. The van der Waals surface area contributed by atoms with Crippen LogP contribution in [0.1, 0.15) is 48.0 Å². The number of carbonyl (C=O) groups excluding carboxylic acids is 1. The first-order valence-electron chi connectivity index (χ1n) is 8.06. The highest BCUT2D eigenvalue weighted by molar-refractivity contribution is 5.97. The van der Waals surface area contributed by atoms with Crippen molar-refractivity contribution >= 4 is 11.6 Å². The Balaban J connectivity index is 1.61. The van der Waals surface area contributed by atoms with Gasteiger partial charge in [0.25, 0.3) is 5.91 Å². The Bertz CT molecular complexity index is 508. The topological polar surface area (TPSA) is 61.4 Å². The third kappa shape index (κ3) is 3.38. The van der Waals surface area contributed by atoms with Gasteiger partial charge in [0.15, 0.2) is 0 Å². The second kappa shape index (κ2) is 6.48. The molecule has 21 heavy (non-hydrogen) atoms. The van der Waals surface area contributed by atoms with Crippen molar-refractivity contribution in [2.75, 3.05) is 18.4 Å². The van der Waals surface area contributed by atoms with Crippen LogP contribution in [0.3, 0.4) is 0 Å². The predicted octanol–water partition coefficient (Wildman–Crippen LogP) is 2.33. The van der Waals surface area contributed by atoms with E-state index in [0.29, 0.717) is 5.92 Å². The lowest BCUT2D eigenvalue weighted by Gasteiger charge is -2.26. The minimum atomic E-state index is -0.135. The third-order valence-corrected chi connectivity index (χ3v) is 4.71. The Hall–Kier alpha value is -1.55. The van der Waals surface area contributed by atoms with E-state index >= 15 is 0 Å². The van der Waals surface area contributed by atoms with Crippen LogP contribution in [-0.4, -0.2) is 30.2 Å². The maximum Gasteiger partial charge on any atom is 0.251 e. The number of rotatable bonds is 3. The normalized spacial score (nSPS) is 24.8. The van der Waals surface area contributed by atoms with Gasteiger partial charge in [0.1, 0.15) is 0 Å². The average molecular weight is 288 g/mol. The first kappa shape index (κ1) is 14.4. The van der Waals surface area contributed by atoms with Gasteiger partial charge in [-0.1, -0.05) is 6.07 Å². The van der Waals surface area contributed by atoms with Crippen molar-refractivity contribution in [2.45, 2.75) is 44.6 Å². The molecular formula is C17H24N2O2. The minimum absolute atomic E-state index is 0.0432. The van der Waals surface area contributed by atoms with Crippen molar-refractivity contribution in [3.05, 3.63) is 29.3 Å². The van der Waals surface area contributed by atoms with Gasteiger partial charge >= 0.3 is 0 Å². The van der Waals surface area contributed by atoms with Gasteiger partial charge in [0.05, 0.1) is 6.10 Å². The summed E-state index contributed by atoms with van der Waals surface area (Å²) in [4.78, 5) is 12.4. The van der Waals surface area contributed by atoms with Crippen molar-refractivity contribution in [3.63, 3.8) is 0 Å². The van der Waals surface area contributed by atoms with E-state index in [1.54, 1.807) is 0 Å². The van der Waals surface area contributed by atoms with Gasteiger partial charge in [-0.05, 0) is 62.1 Å². The van der Waals surface area contributed by atoms with Gasteiger partial charge in [-0.25, -0.2) is 0 Å². The zero-order chi connectivity index (χ0) is 14.7. The van der Waals surface area contributed by atoms with Crippen molar-refractivity contribution in [2.24, 2.45) is 5.92 Å². The molecule has 0 saturated heterocycles. The Morgan fingerprint density at radius 2 is 2.10 bits per heavy atom. The molecule has 1 amide bonds. The molecule has 0 unspecified atom stereocenters. The summed E-state index contributed by atoms with van der Waals surface area (Å²) in [7, 11) is 0. The molecule has 1 aromatic rings. The number of carbonyl (C=O) groups is 1. The molecule has 0 aromatic heterocycles. The summed E-state index contributed by atoms with van der Waals surface area (Å²) in [6.07, 6.45) is 5.67. The first-order chi connectivity index (χ1) is 10.2. The first-order valence-corrected chi connectivity index (χ1v) is 8.06. The van der Waals surface area contributed by atoms with Crippen LogP contribution in [0.5, 0.6) is 0 Å². The largest absolute Gasteiger partial charge is 0.393 e. The number of fused-ring (bicyclic) bond motifs is 1. The molecule has 4 nitrogen and oxygen atoms in total. The van der Waals surface area contributed by atoms with Gasteiger partial charge in [0, 0.05) is 24.3 Å². The molecule has 0 spiro atoms. The van der Waals surface area contributed by atoms with E-state index in [2.05, 4.69) is 10.6 Å². The lowest BCUT2D eigenvalue weighted by Crippen LogP contribution is -2.33. The van der Waals surface area contributed by atoms with Gasteiger partial charge in [0.2, 0.25) is 0 Å². The molecule has 1 aliphatic heterocycles. The predicted molar refractivity (Wildman–Crippen MR) is 83.6 cm³/mol. The van der Waals surface area contributed by atoms with E-state index in [-0.39, 0.29) is 12.0 Å². The van der Waals surface area contributed by atoms with E-state index in [1.807, 2.05) is 18.2 Å². The van der Waals surface area contributed by atoms with E-state index < -0.39 is 0 Å². The van der Waals surface area contributed by atoms with Gasteiger partial charge in [-0.15, -0.1) is 0 Å². The Morgan fingerprint density at radius 1 is 1.29 bits per heavy atom. The number of aliphatic hydroxyl groups excluding tert-OH is 1. The van der Waals surface area contributed by atoms with E-state index in [9.17, 15) is 9.90 Å². The van der Waals surface area contributed by atoms with Crippen molar-refractivity contribution in [1.29, 1.82) is 0 Å². The van der Waals surface area contributed by atoms with Crippen LogP contribution in [0.2, 0.25) is 0 Å². The quantitative estimate of drug-likeness (QED) is 0.800. The van der Waals surface area contributed by atoms with Crippen molar-refractivity contribution in [1.82, 2.24) is 5.32 Å². The standard InChI is InChI=1S/C17H24N2O2/c20-13-8-6-12(7-9-13)11-19-17(21)15-3-1-5-16-14(15)4-2-10-18-16/h1,3,5,12-13,18,20H,2,4,6-11H2,(H,19,21). The lowest BCUT2D eigenvalue weighted by molar-refractivity contribution is 0.0909. The second-order valence-electron chi connectivity index (χ2n) is 6.25. The van der Waals surface area contributed by atoms with Crippen LogP contribution in [0.4, 0.5) is 5.69 Å². The molecule has 3 rings (SSSR count). The lowest BCUT2D eigenvalue weighted by atomic mass is 9.87. The minimum Gasteiger partial charge on any atom is -0.393 e. The fourth-order valence-corrected chi connectivity index (χ4v) is 3.40. The van der Waals surface area contributed by atoms with E-state index in [0.717, 1.165) is 68.4 Å². The maximum atomic E-state index is 12.4. The molecule has 0 atom stereocenters. The van der Waals surface area contributed by atoms with Crippen LogP contribution in [-0.2, 0) is 6.42 Å². The zero-order valence-electron chi connectivity index (χ0n) is 12.4. The van der Waals surface area contributed by atoms with Gasteiger partial charge < -0.3 is 15.7 Å². The highest BCUT2D eigenvalue weighted by Gasteiger charge is 2.21. The third-order valence-electron chi connectivity index (χ3n) is 4.71. The highest BCUT2D eigenvalue weighted by atomic mass is 16.3. The van der Waals surface area contributed by atoms with Crippen LogP contribution in [0.15, 0.2) is 18.2 Å². The molecule has 1 fully saturated rings. The van der Waals surface area contributed by atoms with E-state index in [4.69, 9.17) is 0 Å². The smallest absolute Gasteiger partial charge is 0.251 e. The highest BCUT2D eigenvalue weighted by Crippen LogP contribution is 2.26. The number of nitrogens with one attached hydrogen (secondary N) is 2. The fraction of sp³-hybridized carbons (Fsp3) is 0.588. The molecule has 4 heteroatoms. The summed E-state index contributed by atoms with van der Waals surface area (Å²) in [5.74, 6) is 0.552. The van der Waals surface area contributed by atoms with Crippen molar-refractivity contribution < 1.29 is 9.90 Å². The van der Waals surface area contributed by atoms with E-state index in [1.165, 1.54) is 0 Å². The number of hydrogen-bond donors (Lipinski definition) is 3. The number of benzene rings is 1. The average Bonchev–Trinajstić information content (AvgIpc) is 2.53. The molecule has 2 aliphatic rings. The summed E-state index contributed by atoms with van der Waals surface area (Å²) in [6, 6.07) is 5.92. The Labute approximate surface area is 125 Å². The number of amides is 1. The van der Waals surface area contributed by atoms with Crippen LogP contribution < -0.4 is 10.6 Å². The molecule has 1 heterocycles. The molecule has 3 N–H and O–H groups in total. The molecule has 0 bridgehead atoms. The number of hydrogen-bond acceptors (Lipinski definition) is 3. The summed E-state index contributed by atoms with van der Waals surface area (Å²) in [5.41, 5.74) is 3.07. The van der Waals surface area contributed by atoms with Crippen molar-refractivity contribution in [3.8, 4) is 0 Å². The fourth-order valence-electron chi connectivity index (χ4n) is 3.40.